The molecule has 23 heavy (non-hydrogen) atoms. The molecular formula is C16H21ClFN3O2. The van der Waals surface area contributed by atoms with Crippen molar-refractivity contribution in [1.82, 2.24) is 9.80 Å². The number of likely N-dealkylation sites (tertiary alicyclic amines) is 1. The second-order valence-electron chi connectivity index (χ2n) is 6.02. The third-order valence-corrected chi connectivity index (χ3v) is 4.10. The normalized spacial score (nSPS) is 17.9. The highest BCUT2D eigenvalue weighted by molar-refractivity contribution is 6.31. The molecule has 7 heteroatoms. The largest absolute Gasteiger partial charge is 0.342 e. The minimum absolute atomic E-state index is 0.000967. The quantitative estimate of drug-likeness (QED) is 0.863. The lowest BCUT2D eigenvalue weighted by Crippen LogP contribution is -2.30. The van der Waals surface area contributed by atoms with Crippen molar-refractivity contribution in [3.8, 4) is 0 Å². The second-order valence-corrected chi connectivity index (χ2v) is 6.42. The van der Waals surface area contributed by atoms with Crippen molar-refractivity contribution in [2.45, 2.75) is 12.8 Å². The van der Waals surface area contributed by atoms with Gasteiger partial charge in [0.25, 0.3) is 0 Å². The van der Waals surface area contributed by atoms with E-state index in [0.29, 0.717) is 18.8 Å². The van der Waals surface area contributed by atoms with Gasteiger partial charge in [0.1, 0.15) is 5.82 Å². The molecule has 0 aliphatic carbocycles. The molecule has 2 amide bonds. The van der Waals surface area contributed by atoms with E-state index in [0.717, 1.165) is 13.0 Å². The number of hydrogen-bond donors (Lipinski definition) is 1. The molecule has 0 bridgehead atoms. The molecule has 1 fully saturated rings. The van der Waals surface area contributed by atoms with E-state index in [2.05, 4.69) is 10.2 Å². The van der Waals surface area contributed by atoms with E-state index in [4.69, 9.17) is 11.6 Å². The van der Waals surface area contributed by atoms with Gasteiger partial charge in [-0.1, -0.05) is 11.6 Å². The highest BCUT2D eigenvalue weighted by Gasteiger charge is 2.33. The third-order valence-electron chi connectivity index (χ3n) is 3.81. The van der Waals surface area contributed by atoms with Gasteiger partial charge in [0.2, 0.25) is 11.8 Å². The molecule has 0 saturated carbocycles. The molecule has 0 aromatic heterocycles. The van der Waals surface area contributed by atoms with E-state index in [1.54, 1.807) is 4.90 Å². The number of halogens is 2. The number of nitrogens with zero attached hydrogens (tertiary/aromatic N) is 2. The number of hydrogen-bond acceptors (Lipinski definition) is 3. The first-order valence-corrected chi connectivity index (χ1v) is 7.93. The standard InChI is InChI=1S/C16H21ClFN3O2/c1-20(2)6-3-7-21-10-11(8-15(21)22)16(23)19-12-4-5-14(18)13(17)9-12/h4-5,9,11H,3,6-8,10H2,1-2H3,(H,19,23). The molecule has 1 aliphatic heterocycles. The van der Waals surface area contributed by atoms with Crippen LogP contribution in [0.5, 0.6) is 0 Å². The van der Waals surface area contributed by atoms with Gasteiger partial charge in [0, 0.05) is 25.2 Å². The summed E-state index contributed by atoms with van der Waals surface area (Å²) in [6.07, 6.45) is 1.09. The van der Waals surface area contributed by atoms with Crippen LogP contribution in [0, 0.1) is 11.7 Å². The van der Waals surface area contributed by atoms with Gasteiger partial charge in [-0.05, 0) is 45.3 Å². The van der Waals surface area contributed by atoms with Gasteiger partial charge in [-0.25, -0.2) is 4.39 Å². The molecule has 2 rings (SSSR count). The number of nitrogens with one attached hydrogen (secondary N) is 1. The summed E-state index contributed by atoms with van der Waals surface area (Å²) in [5.74, 6) is -1.16. The molecule has 0 radical (unpaired) electrons. The Balaban J connectivity index is 1.88. The van der Waals surface area contributed by atoms with Crippen LogP contribution < -0.4 is 5.32 Å². The van der Waals surface area contributed by atoms with E-state index in [1.165, 1.54) is 18.2 Å². The minimum Gasteiger partial charge on any atom is -0.342 e. The average molecular weight is 342 g/mol. The summed E-state index contributed by atoms with van der Waals surface area (Å²) in [7, 11) is 3.96. The number of benzene rings is 1. The fraction of sp³-hybridized carbons (Fsp3) is 0.500. The SMILES string of the molecule is CN(C)CCCN1CC(C(=O)Nc2ccc(F)c(Cl)c2)CC1=O. The summed E-state index contributed by atoms with van der Waals surface area (Å²) in [5, 5.41) is 2.64. The first-order chi connectivity index (χ1) is 10.9. The van der Waals surface area contributed by atoms with Crippen molar-refractivity contribution in [2.75, 3.05) is 39.0 Å². The van der Waals surface area contributed by atoms with Crippen LogP contribution in [0.4, 0.5) is 10.1 Å². The Bertz CT molecular complexity index is 595. The predicted octanol–water partition coefficient (Wildman–Crippen LogP) is 2.22. The van der Waals surface area contributed by atoms with Crippen molar-refractivity contribution < 1.29 is 14.0 Å². The summed E-state index contributed by atoms with van der Waals surface area (Å²) >= 11 is 5.69. The molecule has 126 valence electrons. The van der Waals surface area contributed by atoms with Gasteiger partial charge in [-0.2, -0.15) is 0 Å². The Morgan fingerprint density at radius 1 is 1.48 bits per heavy atom. The molecule has 1 aliphatic rings. The smallest absolute Gasteiger partial charge is 0.229 e. The number of carbonyl (C=O) groups is 2. The van der Waals surface area contributed by atoms with Gasteiger partial charge in [-0.3, -0.25) is 9.59 Å². The molecule has 1 aromatic carbocycles. The van der Waals surface area contributed by atoms with Crippen molar-refractivity contribution in [2.24, 2.45) is 5.92 Å². The summed E-state index contributed by atoms with van der Waals surface area (Å²) in [6, 6.07) is 4.01. The van der Waals surface area contributed by atoms with E-state index in [-0.39, 0.29) is 29.2 Å². The highest BCUT2D eigenvalue weighted by Crippen LogP contribution is 2.23. The number of carbonyl (C=O) groups excluding carboxylic acids is 2. The van der Waals surface area contributed by atoms with Crippen molar-refractivity contribution in [1.29, 1.82) is 0 Å². The van der Waals surface area contributed by atoms with E-state index >= 15 is 0 Å². The molecule has 1 saturated heterocycles. The summed E-state index contributed by atoms with van der Waals surface area (Å²) < 4.78 is 13.1. The van der Waals surface area contributed by atoms with E-state index in [9.17, 15) is 14.0 Å². The maximum atomic E-state index is 13.1. The molecule has 1 atom stereocenters. The Morgan fingerprint density at radius 3 is 2.87 bits per heavy atom. The maximum absolute atomic E-state index is 13.1. The van der Waals surface area contributed by atoms with Crippen molar-refractivity contribution in [3.05, 3.63) is 29.0 Å². The Kier molecular flexibility index (Phi) is 5.96. The molecular weight excluding hydrogens is 321 g/mol. The molecule has 1 aromatic rings. The van der Waals surface area contributed by atoms with Crippen molar-refractivity contribution >= 4 is 29.1 Å². The summed E-state index contributed by atoms with van der Waals surface area (Å²) in [6.45, 7) is 1.98. The Hall–Kier alpha value is -1.66. The minimum atomic E-state index is -0.534. The van der Waals surface area contributed by atoms with Gasteiger partial charge in [0.05, 0.1) is 10.9 Å². The van der Waals surface area contributed by atoms with Gasteiger partial charge < -0.3 is 15.1 Å². The maximum Gasteiger partial charge on any atom is 0.229 e. The van der Waals surface area contributed by atoms with Gasteiger partial charge in [0.15, 0.2) is 0 Å². The lowest BCUT2D eigenvalue weighted by molar-refractivity contribution is -0.128. The zero-order chi connectivity index (χ0) is 17.0. The van der Waals surface area contributed by atoms with Crippen LogP contribution in [-0.4, -0.2) is 55.3 Å². The first kappa shape index (κ1) is 17.7. The highest BCUT2D eigenvalue weighted by atomic mass is 35.5. The van der Waals surface area contributed by atoms with Crippen LogP contribution >= 0.6 is 11.6 Å². The fourth-order valence-corrected chi connectivity index (χ4v) is 2.74. The Labute approximate surface area is 140 Å². The van der Waals surface area contributed by atoms with Gasteiger partial charge >= 0.3 is 0 Å². The summed E-state index contributed by atoms with van der Waals surface area (Å²) in [4.78, 5) is 28.0. The van der Waals surface area contributed by atoms with Gasteiger partial charge in [-0.15, -0.1) is 0 Å². The lowest BCUT2D eigenvalue weighted by Gasteiger charge is -2.18. The van der Waals surface area contributed by atoms with Crippen LogP contribution in [0.2, 0.25) is 5.02 Å². The number of amides is 2. The summed E-state index contributed by atoms with van der Waals surface area (Å²) in [5.41, 5.74) is 0.430. The topological polar surface area (TPSA) is 52.6 Å². The fourth-order valence-electron chi connectivity index (χ4n) is 2.56. The average Bonchev–Trinajstić information content (AvgIpc) is 2.84. The van der Waals surface area contributed by atoms with Crippen LogP contribution in [0.25, 0.3) is 0 Å². The molecule has 1 heterocycles. The molecule has 1 unspecified atom stereocenters. The van der Waals surface area contributed by atoms with E-state index < -0.39 is 5.82 Å². The predicted molar refractivity (Wildman–Crippen MR) is 87.9 cm³/mol. The lowest BCUT2D eigenvalue weighted by atomic mass is 10.1. The number of rotatable bonds is 6. The number of anilines is 1. The van der Waals surface area contributed by atoms with E-state index in [1.807, 2.05) is 14.1 Å². The zero-order valence-electron chi connectivity index (χ0n) is 13.3. The van der Waals surface area contributed by atoms with Crippen LogP contribution in [0.1, 0.15) is 12.8 Å². The molecule has 1 N–H and O–H groups in total. The second kappa shape index (κ2) is 7.75. The first-order valence-electron chi connectivity index (χ1n) is 7.55. The van der Waals surface area contributed by atoms with Crippen molar-refractivity contribution in [3.63, 3.8) is 0 Å². The van der Waals surface area contributed by atoms with Crippen LogP contribution in [-0.2, 0) is 9.59 Å². The van der Waals surface area contributed by atoms with Crippen LogP contribution in [0.15, 0.2) is 18.2 Å². The third kappa shape index (κ3) is 4.91. The van der Waals surface area contributed by atoms with Crippen LogP contribution in [0.3, 0.4) is 0 Å². The monoisotopic (exact) mass is 341 g/mol. The molecule has 5 nitrogen and oxygen atoms in total. The zero-order valence-corrected chi connectivity index (χ0v) is 14.1. The molecule has 0 spiro atoms. The Morgan fingerprint density at radius 2 is 2.22 bits per heavy atom.